The maximum absolute atomic E-state index is 13.2. The topological polar surface area (TPSA) is 63.3 Å². The summed E-state index contributed by atoms with van der Waals surface area (Å²) < 4.78 is 7.46. The fraction of sp³-hybridized carbons (Fsp3) is 0.556. The van der Waals surface area contributed by atoms with Crippen LogP contribution < -0.4 is 5.32 Å². The third-order valence-electron chi connectivity index (χ3n) is 5.67. The number of hydrogen-bond acceptors (Lipinski definition) is 4. The van der Waals surface area contributed by atoms with Crippen molar-refractivity contribution in [3.8, 4) is 0 Å². The SMILES string of the molecule is Cc1ccoc1C(=O)N(Cc1nccn1C)C1CC12CCNCC2.Cl. The second-order valence-corrected chi connectivity index (χ2v) is 7.15. The molecule has 7 heteroatoms. The molecule has 4 rings (SSSR count). The quantitative estimate of drug-likeness (QED) is 0.905. The number of rotatable bonds is 4. The number of nitrogens with zero attached hydrogens (tertiary/aromatic N) is 3. The number of amides is 1. The van der Waals surface area contributed by atoms with Crippen molar-refractivity contribution in [1.82, 2.24) is 19.8 Å². The maximum atomic E-state index is 13.2. The number of carbonyl (C=O) groups is 1. The van der Waals surface area contributed by atoms with Crippen LogP contribution in [0.4, 0.5) is 0 Å². The van der Waals surface area contributed by atoms with Crippen molar-refractivity contribution < 1.29 is 9.21 Å². The van der Waals surface area contributed by atoms with Gasteiger partial charge in [0.2, 0.25) is 0 Å². The summed E-state index contributed by atoms with van der Waals surface area (Å²) >= 11 is 0. The zero-order chi connectivity index (χ0) is 16.7. The lowest BCUT2D eigenvalue weighted by atomic mass is 9.93. The molecule has 6 nitrogen and oxygen atoms in total. The zero-order valence-electron chi connectivity index (χ0n) is 14.7. The number of aryl methyl sites for hydroxylation is 2. The third kappa shape index (κ3) is 3.20. The number of furan rings is 1. The van der Waals surface area contributed by atoms with Crippen LogP contribution in [0.25, 0.3) is 0 Å². The number of hydrogen-bond donors (Lipinski definition) is 1. The minimum atomic E-state index is -0.0130. The smallest absolute Gasteiger partial charge is 0.290 e. The number of halogens is 1. The van der Waals surface area contributed by atoms with E-state index in [0.717, 1.165) is 43.7 Å². The largest absolute Gasteiger partial charge is 0.459 e. The van der Waals surface area contributed by atoms with Crippen molar-refractivity contribution in [2.45, 2.75) is 38.8 Å². The summed E-state index contributed by atoms with van der Waals surface area (Å²) in [6.45, 7) is 4.53. The molecule has 0 aromatic carbocycles. The molecule has 25 heavy (non-hydrogen) atoms. The molecule has 0 bridgehead atoms. The Hall–Kier alpha value is -1.79. The normalized spacial score (nSPS) is 21.0. The first kappa shape index (κ1) is 18.0. The average Bonchev–Trinajstić information content (AvgIpc) is 2.91. The Morgan fingerprint density at radius 1 is 1.48 bits per heavy atom. The predicted octanol–water partition coefficient (Wildman–Crippen LogP) is 2.53. The lowest BCUT2D eigenvalue weighted by molar-refractivity contribution is 0.0652. The number of carbonyl (C=O) groups excluding carboxylic acids is 1. The van der Waals surface area contributed by atoms with Crippen molar-refractivity contribution in [2.24, 2.45) is 12.5 Å². The summed E-state index contributed by atoms with van der Waals surface area (Å²) in [5.41, 5.74) is 1.18. The van der Waals surface area contributed by atoms with E-state index < -0.39 is 0 Å². The highest BCUT2D eigenvalue weighted by Gasteiger charge is 2.58. The summed E-state index contributed by atoms with van der Waals surface area (Å²) in [4.78, 5) is 19.5. The Morgan fingerprint density at radius 3 is 2.84 bits per heavy atom. The van der Waals surface area contributed by atoms with Crippen LogP contribution in [-0.2, 0) is 13.6 Å². The lowest BCUT2D eigenvalue weighted by Gasteiger charge is -2.29. The molecule has 1 spiro atoms. The van der Waals surface area contributed by atoms with Gasteiger partial charge in [-0.15, -0.1) is 12.4 Å². The maximum Gasteiger partial charge on any atom is 0.290 e. The van der Waals surface area contributed by atoms with Gasteiger partial charge in [0.15, 0.2) is 5.76 Å². The summed E-state index contributed by atoms with van der Waals surface area (Å²) in [7, 11) is 1.97. The molecule has 1 unspecified atom stereocenters. The Bertz CT molecular complexity index is 748. The number of piperidine rings is 1. The molecular formula is C18H25ClN4O2. The molecule has 0 radical (unpaired) electrons. The van der Waals surface area contributed by atoms with E-state index in [1.54, 1.807) is 12.5 Å². The van der Waals surface area contributed by atoms with Crippen molar-refractivity contribution >= 4 is 18.3 Å². The fourth-order valence-electron chi connectivity index (χ4n) is 3.98. The molecule has 1 aliphatic carbocycles. The Kier molecular flexibility index (Phi) is 4.93. The van der Waals surface area contributed by atoms with Crippen LogP contribution in [0, 0.1) is 12.3 Å². The van der Waals surface area contributed by atoms with Gasteiger partial charge >= 0.3 is 0 Å². The predicted molar refractivity (Wildman–Crippen MR) is 96.7 cm³/mol. The van der Waals surface area contributed by atoms with Crippen LogP contribution in [0.1, 0.15) is 41.2 Å². The molecule has 1 saturated carbocycles. The van der Waals surface area contributed by atoms with Gasteiger partial charge in [0.1, 0.15) is 5.82 Å². The molecule has 1 saturated heterocycles. The lowest BCUT2D eigenvalue weighted by Crippen LogP contribution is -2.39. The minimum Gasteiger partial charge on any atom is -0.459 e. The molecule has 1 atom stereocenters. The summed E-state index contributed by atoms with van der Waals surface area (Å²) in [6, 6.07) is 2.13. The molecular weight excluding hydrogens is 340 g/mol. The van der Waals surface area contributed by atoms with Gasteiger partial charge in [-0.1, -0.05) is 0 Å². The standard InChI is InChI=1S/C18H24N4O2.ClH/c1-13-3-10-24-16(13)17(23)22(12-15-20-8-9-21(15)2)14-11-18(14)4-6-19-7-5-18;/h3,8-10,14,19H,4-7,11-12H2,1-2H3;1H. The third-order valence-corrected chi connectivity index (χ3v) is 5.67. The molecule has 2 aliphatic rings. The van der Waals surface area contributed by atoms with Crippen LogP contribution in [-0.4, -0.2) is 39.5 Å². The van der Waals surface area contributed by atoms with E-state index in [1.807, 2.05) is 35.7 Å². The van der Waals surface area contributed by atoms with Gasteiger partial charge in [-0.3, -0.25) is 4.79 Å². The molecule has 1 amide bonds. The summed E-state index contributed by atoms with van der Waals surface area (Å²) in [5.74, 6) is 1.35. The van der Waals surface area contributed by atoms with Gasteiger partial charge in [-0.05, 0) is 50.8 Å². The number of imidazole rings is 1. The van der Waals surface area contributed by atoms with E-state index in [1.165, 1.54) is 0 Å². The minimum absolute atomic E-state index is 0. The highest BCUT2D eigenvalue weighted by atomic mass is 35.5. The van der Waals surface area contributed by atoms with E-state index in [2.05, 4.69) is 10.3 Å². The molecule has 136 valence electrons. The Morgan fingerprint density at radius 2 is 2.24 bits per heavy atom. The summed E-state index contributed by atoms with van der Waals surface area (Å²) in [6.07, 6.45) is 8.66. The van der Waals surface area contributed by atoms with E-state index in [9.17, 15) is 4.79 Å². The number of nitrogens with one attached hydrogen (secondary N) is 1. The van der Waals surface area contributed by atoms with E-state index >= 15 is 0 Å². The molecule has 2 aromatic heterocycles. The highest BCUT2D eigenvalue weighted by molar-refractivity contribution is 5.93. The number of aromatic nitrogens is 2. The zero-order valence-corrected chi connectivity index (χ0v) is 15.5. The molecule has 1 N–H and O–H groups in total. The highest BCUT2D eigenvalue weighted by Crippen LogP contribution is 2.56. The van der Waals surface area contributed by atoms with Crippen LogP contribution in [0.3, 0.4) is 0 Å². The first-order valence-electron chi connectivity index (χ1n) is 8.63. The fourth-order valence-corrected chi connectivity index (χ4v) is 3.98. The van der Waals surface area contributed by atoms with Crippen LogP contribution in [0.2, 0.25) is 0 Å². The first-order valence-corrected chi connectivity index (χ1v) is 8.63. The Labute approximate surface area is 154 Å². The molecule has 1 aliphatic heterocycles. The van der Waals surface area contributed by atoms with Crippen molar-refractivity contribution in [3.63, 3.8) is 0 Å². The van der Waals surface area contributed by atoms with Crippen LogP contribution in [0.5, 0.6) is 0 Å². The van der Waals surface area contributed by atoms with Gasteiger partial charge in [0.05, 0.1) is 12.8 Å². The van der Waals surface area contributed by atoms with Gasteiger partial charge in [0.25, 0.3) is 5.91 Å². The van der Waals surface area contributed by atoms with E-state index in [0.29, 0.717) is 12.3 Å². The Balaban J connectivity index is 0.00000182. The first-order chi connectivity index (χ1) is 11.6. The van der Waals surface area contributed by atoms with Gasteiger partial charge in [-0.25, -0.2) is 4.98 Å². The van der Waals surface area contributed by atoms with Crippen molar-refractivity contribution in [2.75, 3.05) is 13.1 Å². The van der Waals surface area contributed by atoms with Crippen LogP contribution >= 0.6 is 12.4 Å². The van der Waals surface area contributed by atoms with E-state index in [-0.39, 0.29) is 29.8 Å². The van der Waals surface area contributed by atoms with Crippen molar-refractivity contribution in [3.05, 3.63) is 41.9 Å². The van der Waals surface area contributed by atoms with Crippen LogP contribution in [0.15, 0.2) is 29.1 Å². The van der Waals surface area contributed by atoms with Gasteiger partial charge in [-0.2, -0.15) is 0 Å². The summed E-state index contributed by atoms with van der Waals surface area (Å²) in [5, 5.41) is 3.42. The monoisotopic (exact) mass is 364 g/mol. The molecule has 3 heterocycles. The second kappa shape index (κ2) is 6.84. The van der Waals surface area contributed by atoms with Gasteiger partial charge in [0, 0.05) is 31.0 Å². The average molecular weight is 365 g/mol. The van der Waals surface area contributed by atoms with Gasteiger partial charge < -0.3 is 19.2 Å². The van der Waals surface area contributed by atoms with Crippen molar-refractivity contribution in [1.29, 1.82) is 0 Å². The van der Waals surface area contributed by atoms with E-state index in [4.69, 9.17) is 4.42 Å². The second-order valence-electron chi connectivity index (χ2n) is 7.15. The molecule has 2 aromatic rings. The molecule has 2 fully saturated rings.